The summed E-state index contributed by atoms with van der Waals surface area (Å²) in [6.45, 7) is -1.26. The van der Waals surface area contributed by atoms with Crippen LogP contribution >= 0.6 is 0 Å². The van der Waals surface area contributed by atoms with Gasteiger partial charge in [-0.15, -0.1) is 5.10 Å². The summed E-state index contributed by atoms with van der Waals surface area (Å²) in [5.74, 6) is -1.32. The van der Waals surface area contributed by atoms with E-state index in [1.54, 1.807) is 13.0 Å². The summed E-state index contributed by atoms with van der Waals surface area (Å²) in [5, 5.41) is 16.3. The Morgan fingerprint density at radius 3 is 2.75 bits per heavy atom. The Labute approximate surface area is 112 Å². The number of ether oxygens (including phenoxy) is 1. The Kier molecular flexibility index (Phi) is 3.92. The summed E-state index contributed by atoms with van der Waals surface area (Å²) in [6.07, 6.45) is 0.331. The fourth-order valence-electron chi connectivity index (χ4n) is 1.81. The number of nitrogens with zero attached hydrogens (tertiary/aromatic N) is 3. The predicted molar refractivity (Wildman–Crippen MR) is 64.3 cm³/mol. The molecule has 0 atom stereocenters. The van der Waals surface area contributed by atoms with E-state index in [4.69, 9.17) is 5.11 Å². The molecule has 0 saturated heterocycles. The summed E-state index contributed by atoms with van der Waals surface area (Å²) in [7, 11) is 0. The van der Waals surface area contributed by atoms with Crippen LogP contribution in [0.25, 0.3) is 5.69 Å². The molecule has 0 unspecified atom stereocenters. The normalized spacial score (nSPS) is 10.8. The number of carboxylic acid groups (broad SMARTS) is 1. The molecule has 0 saturated carbocycles. The predicted octanol–water partition coefficient (Wildman–Crippen LogP) is 2.13. The largest absolute Gasteiger partial charge is 0.476 e. The minimum Gasteiger partial charge on any atom is -0.476 e. The van der Waals surface area contributed by atoms with Crippen LogP contribution in [-0.4, -0.2) is 32.7 Å². The van der Waals surface area contributed by atoms with Gasteiger partial charge in [-0.3, -0.25) is 0 Å². The van der Waals surface area contributed by atoms with Gasteiger partial charge in [-0.25, -0.2) is 9.48 Å². The highest BCUT2D eigenvalue weighted by Crippen LogP contribution is 2.25. The molecule has 1 N–H and O–H groups in total. The molecule has 2 rings (SSSR count). The van der Waals surface area contributed by atoms with Gasteiger partial charge in [-0.05, 0) is 18.6 Å². The van der Waals surface area contributed by atoms with Gasteiger partial charge in [-0.2, -0.15) is 8.78 Å². The molecule has 2 aromatic rings. The molecule has 0 aliphatic rings. The molecular weight excluding hydrogens is 272 g/mol. The van der Waals surface area contributed by atoms with Crippen molar-refractivity contribution in [3.63, 3.8) is 0 Å². The van der Waals surface area contributed by atoms with Crippen LogP contribution in [0.5, 0.6) is 5.75 Å². The number of aromatic nitrogens is 3. The van der Waals surface area contributed by atoms with Crippen LogP contribution in [-0.2, 0) is 6.42 Å². The minimum absolute atomic E-state index is 0.0981. The number of carbonyl (C=O) groups is 1. The highest BCUT2D eigenvalue weighted by Gasteiger charge is 2.20. The van der Waals surface area contributed by atoms with Gasteiger partial charge in [0.1, 0.15) is 5.69 Å². The van der Waals surface area contributed by atoms with Crippen molar-refractivity contribution < 1.29 is 23.4 Å². The van der Waals surface area contributed by atoms with Gasteiger partial charge in [0.2, 0.25) is 0 Å². The Balaban J connectivity index is 2.54. The Bertz CT molecular complexity index is 628. The first-order valence-electron chi connectivity index (χ1n) is 5.76. The van der Waals surface area contributed by atoms with Crippen molar-refractivity contribution in [3.05, 3.63) is 35.7 Å². The van der Waals surface area contributed by atoms with E-state index in [2.05, 4.69) is 15.0 Å². The van der Waals surface area contributed by atoms with Gasteiger partial charge >= 0.3 is 12.6 Å². The van der Waals surface area contributed by atoms with Crippen LogP contribution in [0.3, 0.4) is 0 Å². The van der Waals surface area contributed by atoms with Gasteiger partial charge in [0, 0.05) is 0 Å². The number of rotatable bonds is 5. The van der Waals surface area contributed by atoms with Crippen molar-refractivity contribution in [2.45, 2.75) is 20.0 Å². The van der Waals surface area contributed by atoms with E-state index in [1.165, 1.54) is 22.9 Å². The smallest absolute Gasteiger partial charge is 0.387 e. The lowest BCUT2D eigenvalue weighted by atomic mass is 10.2. The highest BCUT2D eigenvalue weighted by atomic mass is 19.3. The van der Waals surface area contributed by atoms with E-state index in [0.29, 0.717) is 12.1 Å². The van der Waals surface area contributed by atoms with Gasteiger partial charge in [0.25, 0.3) is 0 Å². The van der Waals surface area contributed by atoms with Crippen molar-refractivity contribution in [1.29, 1.82) is 0 Å². The second-order valence-electron chi connectivity index (χ2n) is 3.80. The van der Waals surface area contributed by atoms with Gasteiger partial charge in [0.15, 0.2) is 11.4 Å². The number of aromatic carboxylic acids is 1. The molecule has 20 heavy (non-hydrogen) atoms. The summed E-state index contributed by atoms with van der Waals surface area (Å²) in [4.78, 5) is 11.0. The Hall–Kier alpha value is -2.51. The number of alkyl halides is 2. The minimum atomic E-state index is -2.98. The molecule has 1 aromatic heterocycles. The Morgan fingerprint density at radius 1 is 1.45 bits per heavy atom. The van der Waals surface area contributed by atoms with Gasteiger partial charge < -0.3 is 9.84 Å². The van der Waals surface area contributed by atoms with Crippen LogP contribution in [0.4, 0.5) is 8.78 Å². The second-order valence-corrected chi connectivity index (χ2v) is 3.80. The maximum absolute atomic E-state index is 12.4. The van der Waals surface area contributed by atoms with E-state index in [1.807, 2.05) is 0 Å². The molecule has 0 fully saturated rings. The summed E-state index contributed by atoms with van der Waals surface area (Å²) in [6, 6.07) is 5.98. The zero-order chi connectivity index (χ0) is 14.7. The molecule has 1 aromatic carbocycles. The SMILES string of the molecule is CCc1c(C(=O)O)nnn1-c1ccccc1OC(F)F. The molecule has 0 aliphatic carbocycles. The average molecular weight is 283 g/mol. The lowest BCUT2D eigenvalue weighted by molar-refractivity contribution is -0.0499. The maximum Gasteiger partial charge on any atom is 0.387 e. The first-order valence-corrected chi connectivity index (χ1v) is 5.76. The number of halogens is 2. The quantitative estimate of drug-likeness (QED) is 0.909. The van der Waals surface area contributed by atoms with E-state index in [-0.39, 0.29) is 17.1 Å². The molecule has 106 valence electrons. The van der Waals surface area contributed by atoms with E-state index < -0.39 is 12.6 Å². The first-order chi connectivity index (χ1) is 9.54. The molecule has 0 bridgehead atoms. The summed E-state index contributed by atoms with van der Waals surface area (Å²) >= 11 is 0. The van der Waals surface area contributed by atoms with Crippen molar-refractivity contribution in [2.75, 3.05) is 0 Å². The van der Waals surface area contributed by atoms with Crippen molar-refractivity contribution >= 4 is 5.97 Å². The van der Waals surface area contributed by atoms with Crippen molar-refractivity contribution in [3.8, 4) is 11.4 Å². The summed E-state index contributed by atoms with van der Waals surface area (Å²) < 4.78 is 30.3. The van der Waals surface area contributed by atoms with Gasteiger partial charge in [-0.1, -0.05) is 24.3 Å². The van der Waals surface area contributed by atoms with Gasteiger partial charge in [0.05, 0.1) is 5.69 Å². The van der Waals surface area contributed by atoms with E-state index >= 15 is 0 Å². The van der Waals surface area contributed by atoms with Crippen molar-refractivity contribution in [2.24, 2.45) is 0 Å². The first kappa shape index (κ1) is 13.9. The zero-order valence-electron chi connectivity index (χ0n) is 10.5. The number of hydrogen-bond donors (Lipinski definition) is 1. The lowest BCUT2D eigenvalue weighted by Gasteiger charge is -2.11. The maximum atomic E-state index is 12.4. The third kappa shape index (κ3) is 2.58. The fraction of sp³-hybridized carbons (Fsp3) is 0.250. The van der Waals surface area contributed by atoms with Crippen LogP contribution in [0.15, 0.2) is 24.3 Å². The fourth-order valence-corrected chi connectivity index (χ4v) is 1.81. The molecule has 0 amide bonds. The third-order valence-electron chi connectivity index (χ3n) is 2.61. The molecule has 0 spiro atoms. The van der Waals surface area contributed by atoms with E-state index in [9.17, 15) is 13.6 Å². The number of carboxylic acids is 1. The van der Waals surface area contributed by atoms with Crippen molar-refractivity contribution in [1.82, 2.24) is 15.0 Å². The molecule has 6 nitrogen and oxygen atoms in total. The highest BCUT2D eigenvalue weighted by molar-refractivity contribution is 5.86. The molecular formula is C12H11F2N3O3. The van der Waals surface area contributed by atoms with Crippen LogP contribution in [0, 0.1) is 0 Å². The van der Waals surface area contributed by atoms with E-state index in [0.717, 1.165) is 0 Å². The second kappa shape index (κ2) is 5.64. The van der Waals surface area contributed by atoms with Crippen LogP contribution in [0.1, 0.15) is 23.1 Å². The molecule has 8 heteroatoms. The zero-order valence-corrected chi connectivity index (χ0v) is 10.5. The average Bonchev–Trinajstić information content (AvgIpc) is 2.82. The monoisotopic (exact) mass is 283 g/mol. The summed E-state index contributed by atoms with van der Waals surface area (Å²) in [5.41, 5.74) is 0.312. The molecule has 0 radical (unpaired) electrons. The van der Waals surface area contributed by atoms with Crippen LogP contribution < -0.4 is 4.74 Å². The third-order valence-corrected chi connectivity index (χ3v) is 2.61. The Morgan fingerprint density at radius 2 is 2.15 bits per heavy atom. The number of hydrogen-bond acceptors (Lipinski definition) is 4. The topological polar surface area (TPSA) is 77.2 Å². The molecule has 1 heterocycles. The number of benzene rings is 1. The molecule has 0 aliphatic heterocycles. The number of para-hydroxylation sites is 2. The lowest BCUT2D eigenvalue weighted by Crippen LogP contribution is -2.09. The standard InChI is InChI=1S/C12H11F2N3O3/c1-2-7-10(11(18)19)15-16-17(7)8-5-3-4-6-9(8)20-12(13)14/h3-6,12H,2H2,1H3,(H,18,19). The van der Waals surface area contributed by atoms with Crippen LogP contribution in [0.2, 0.25) is 0 Å².